The number of hydrogen-bond donors (Lipinski definition) is 1. The summed E-state index contributed by atoms with van der Waals surface area (Å²) in [6.45, 7) is 3.45. The molecule has 2 aromatic carbocycles. The Bertz CT molecular complexity index is 617. The van der Waals surface area contributed by atoms with Gasteiger partial charge in [-0.3, -0.25) is 0 Å². The van der Waals surface area contributed by atoms with E-state index >= 15 is 0 Å². The van der Waals surface area contributed by atoms with Crippen molar-refractivity contribution < 1.29 is 4.39 Å². The Labute approximate surface area is 125 Å². The minimum absolute atomic E-state index is 0.266. The van der Waals surface area contributed by atoms with Crippen LogP contribution >= 0.6 is 0 Å². The maximum atomic E-state index is 13.6. The molecule has 3 heteroatoms. The number of halogens is 1. The number of nitrogens with zero attached hydrogens (tertiary/aromatic N) is 1. The van der Waals surface area contributed by atoms with Crippen LogP contribution in [0.15, 0.2) is 48.5 Å². The normalized spacial score (nSPS) is 11.9. The van der Waals surface area contributed by atoms with Crippen LogP contribution in [0.4, 0.5) is 4.39 Å². The Balaban J connectivity index is 1.81. The van der Waals surface area contributed by atoms with Gasteiger partial charge in [-0.25, -0.2) is 4.39 Å². The Morgan fingerprint density at radius 3 is 2.67 bits per heavy atom. The van der Waals surface area contributed by atoms with Crippen LogP contribution in [0.25, 0.3) is 0 Å². The average molecular weight is 282 g/mol. The second kappa shape index (κ2) is 7.56. The lowest BCUT2D eigenvalue weighted by atomic mass is 9.98. The van der Waals surface area contributed by atoms with Crippen molar-refractivity contribution >= 4 is 0 Å². The maximum Gasteiger partial charge on any atom is 0.127 e. The van der Waals surface area contributed by atoms with Crippen LogP contribution < -0.4 is 5.32 Å². The van der Waals surface area contributed by atoms with Gasteiger partial charge in [0.15, 0.2) is 0 Å². The summed E-state index contributed by atoms with van der Waals surface area (Å²) in [5.74, 6) is 0.201. The fourth-order valence-corrected chi connectivity index (χ4v) is 2.27. The van der Waals surface area contributed by atoms with E-state index in [0.29, 0.717) is 23.6 Å². The molecule has 0 radical (unpaired) electrons. The molecule has 0 saturated heterocycles. The zero-order chi connectivity index (χ0) is 15.1. The first-order valence-electron chi connectivity index (χ1n) is 7.15. The van der Waals surface area contributed by atoms with E-state index in [2.05, 4.69) is 24.4 Å². The van der Waals surface area contributed by atoms with Crippen LogP contribution in [-0.4, -0.2) is 6.54 Å². The van der Waals surface area contributed by atoms with Crippen LogP contribution in [0.5, 0.6) is 0 Å². The molecule has 0 aromatic heterocycles. The molecule has 0 amide bonds. The van der Waals surface area contributed by atoms with Crippen LogP contribution in [0.3, 0.4) is 0 Å². The third-order valence-electron chi connectivity index (χ3n) is 3.61. The molecular formula is C18H19FN2. The summed E-state index contributed by atoms with van der Waals surface area (Å²) >= 11 is 0. The van der Waals surface area contributed by atoms with Gasteiger partial charge in [-0.2, -0.15) is 5.26 Å². The van der Waals surface area contributed by atoms with Crippen molar-refractivity contribution in [2.45, 2.75) is 25.8 Å². The Morgan fingerprint density at radius 2 is 1.95 bits per heavy atom. The zero-order valence-corrected chi connectivity index (χ0v) is 12.1. The van der Waals surface area contributed by atoms with Gasteiger partial charge < -0.3 is 5.32 Å². The van der Waals surface area contributed by atoms with E-state index in [0.717, 1.165) is 13.0 Å². The molecule has 2 rings (SSSR count). The summed E-state index contributed by atoms with van der Waals surface area (Å²) < 4.78 is 13.6. The molecule has 0 spiro atoms. The maximum absolute atomic E-state index is 13.6. The third kappa shape index (κ3) is 4.40. The molecule has 2 aromatic rings. The molecule has 0 fully saturated rings. The van der Waals surface area contributed by atoms with E-state index in [4.69, 9.17) is 5.26 Å². The van der Waals surface area contributed by atoms with E-state index in [1.807, 2.05) is 24.3 Å². The lowest BCUT2D eigenvalue weighted by Crippen LogP contribution is -2.17. The monoisotopic (exact) mass is 282 g/mol. The molecule has 0 aliphatic carbocycles. The highest BCUT2D eigenvalue weighted by Gasteiger charge is 2.06. The molecule has 1 N–H and O–H groups in total. The number of benzene rings is 2. The highest BCUT2D eigenvalue weighted by molar-refractivity contribution is 5.33. The van der Waals surface area contributed by atoms with Gasteiger partial charge in [0.05, 0.1) is 11.6 Å². The highest BCUT2D eigenvalue weighted by atomic mass is 19.1. The van der Waals surface area contributed by atoms with E-state index < -0.39 is 0 Å². The largest absolute Gasteiger partial charge is 0.313 e. The molecule has 1 unspecified atom stereocenters. The van der Waals surface area contributed by atoms with Crippen LogP contribution in [0.2, 0.25) is 0 Å². The van der Waals surface area contributed by atoms with Crippen molar-refractivity contribution in [3.05, 3.63) is 71.0 Å². The quantitative estimate of drug-likeness (QED) is 0.813. The smallest absolute Gasteiger partial charge is 0.127 e. The van der Waals surface area contributed by atoms with Gasteiger partial charge in [-0.1, -0.05) is 37.3 Å². The molecular weight excluding hydrogens is 263 g/mol. The predicted molar refractivity (Wildman–Crippen MR) is 82.3 cm³/mol. The number of nitrogens with one attached hydrogen (secondary N) is 1. The van der Waals surface area contributed by atoms with Crippen molar-refractivity contribution in [3.8, 4) is 6.07 Å². The summed E-state index contributed by atoms with van der Waals surface area (Å²) in [5, 5.41) is 12.1. The summed E-state index contributed by atoms with van der Waals surface area (Å²) in [4.78, 5) is 0. The highest BCUT2D eigenvalue weighted by Crippen LogP contribution is 2.17. The molecule has 0 bridgehead atoms. The van der Waals surface area contributed by atoms with Crippen molar-refractivity contribution in [2.75, 3.05) is 6.54 Å². The lowest BCUT2D eigenvalue weighted by molar-refractivity contribution is 0.564. The summed E-state index contributed by atoms with van der Waals surface area (Å²) in [6, 6.07) is 16.8. The zero-order valence-electron chi connectivity index (χ0n) is 12.1. The second-order valence-electron chi connectivity index (χ2n) is 5.20. The molecule has 108 valence electrons. The van der Waals surface area contributed by atoms with Gasteiger partial charge in [-0.15, -0.1) is 0 Å². The van der Waals surface area contributed by atoms with Crippen molar-refractivity contribution in [1.29, 1.82) is 5.26 Å². The van der Waals surface area contributed by atoms with Gasteiger partial charge >= 0.3 is 0 Å². The first-order chi connectivity index (χ1) is 10.2. The average Bonchev–Trinajstić information content (AvgIpc) is 2.53. The van der Waals surface area contributed by atoms with Crippen LogP contribution in [-0.2, 0) is 6.54 Å². The lowest BCUT2D eigenvalue weighted by Gasteiger charge is -2.12. The molecule has 0 saturated carbocycles. The fraction of sp³-hybridized carbons (Fsp3) is 0.278. The van der Waals surface area contributed by atoms with Crippen molar-refractivity contribution in [3.63, 3.8) is 0 Å². The van der Waals surface area contributed by atoms with Gasteiger partial charge in [0.1, 0.15) is 5.82 Å². The molecule has 2 nitrogen and oxygen atoms in total. The van der Waals surface area contributed by atoms with E-state index in [9.17, 15) is 4.39 Å². The predicted octanol–water partition coefficient (Wildman–Crippen LogP) is 3.98. The van der Waals surface area contributed by atoms with E-state index in [1.165, 1.54) is 17.7 Å². The van der Waals surface area contributed by atoms with Gasteiger partial charge in [-0.05, 0) is 42.6 Å². The topological polar surface area (TPSA) is 35.8 Å². The minimum atomic E-state index is -0.266. The van der Waals surface area contributed by atoms with Gasteiger partial charge in [0, 0.05) is 12.1 Å². The van der Waals surface area contributed by atoms with Crippen LogP contribution in [0.1, 0.15) is 36.0 Å². The molecule has 0 aliphatic rings. The Hall–Kier alpha value is -2.18. The SMILES string of the molecule is CC(CCNCc1cc(C#N)ccc1F)c1ccccc1. The number of rotatable bonds is 6. The van der Waals surface area contributed by atoms with Gasteiger partial charge in [0.2, 0.25) is 0 Å². The fourth-order valence-electron chi connectivity index (χ4n) is 2.27. The van der Waals surface area contributed by atoms with Crippen LogP contribution in [0, 0.1) is 17.1 Å². The van der Waals surface area contributed by atoms with Crippen molar-refractivity contribution in [2.24, 2.45) is 0 Å². The standard InChI is InChI=1S/C18H19FN2/c1-14(16-5-3-2-4-6-16)9-10-21-13-17-11-15(12-20)7-8-18(17)19/h2-8,11,14,21H,9-10,13H2,1H3. The molecule has 0 heterocycles. The van der Waals surface area contributed by atoms with Gasteiger partial charge in [0.25, 0.3) is 0 Å². The number of nitriles is 1. The first-order valence-corrected chi connectivity index (χ1v) is 7.15. The van der Waals surface area contributed by atoms with Crippen molar-refractivity contribution in [1.82, 2.24) is 5.32 Å². The van der Waals surface area contributed by atoms with E-state index in [-0.39, 0.29) is 5.82 Å². The second-order valence-corrected chi connectivity index (χ2v) is 5.20. The third-order valence-corrected chi connectivity index (χ3v) is 3.61. The molecule has 21 heavy (non-hydrogen) atoms. The summed E-state index contributed by atoms with van der Waals surface area (Å²) in [5.41, 5.74) is 2.35. The minimum Gasteiger partial charge on any atom is -0.313 e. The Morgan fingerprint density at radius 1 is 1.19 bits per heavy atom. The Kier molecular flexibility index (Phi) is 5.48. The molecule has 1 atom stereocenters. The van der Waals surface area contributed by atoms with E-state index in [1.54, 1.807) is 6.07 Å². The summed E-state index contributed by atoms with van der Waals surface area (Å²) in [6.07, 6.45) is 0.990. The first kappa shape index (κ1) is 15.2. The summed E-state index contributed by atoms with van der Waals surface area (Å²) in [7, 11) is 0. The number of hydrogen-bond acceptors (Lipinski definition) is 2. The molecule has 0 aliphatic heterocycles.